The fourth-order valence-corrected chi connectivity index (χ4v) is 11.4. The van der Waals surface area contributed by atoms with E-state index >= 15 is 0 Å². The first kappa shape index (κ1) is 37.5. The summed E-state index contributed by atoms with van der Waals surface area (Å²) in [5, 5.41) is 0. The summed E-state index contributed by atoms with van der Waals surface area (Å²) in [6, 6.07) is 8.44. The number of halogens is 6. The number of rotatable bonds is 19. The average molecular weight is 1230 g/mol. The van der Waals surface area contributed by atoms with Crippen molar-refractivity contribution in [1.82, 2.24) is 0 Å². The minimum Gasteiger partial charge on any atom is -0.491 e. The molecule has 2 rings (SSSR count). The van der Waals surface area contributed by atoms with Crippen molar-refractivity contribution >= 4 is 147 Å². The van der Waals surface area contributed by atoms with Gasteiger partial charge in [-0.1, -0.05) is 25.7 Å². The van der Waals surface area contributed by atoms with Crippen molar-refractivity contribution in [3.05, 3.63) is 45.7 Å². The van der Waals surface area contributed by atoms with E-state index in [2.05, 4.69) is 160 Å². The van der Waals surface area contributed by atoms with Crippen LogP contribution in [0, 0.1) is 21.4 Å². The summed E-state index contributed by atoms with van der Waals surface area (Å²) in [5.41, 5.74) is 0. The molecule has 0 aliphatic heterocycles. The summed E-state index contributed by atoms with van der Waals surface area (Å²) in [4.78, 5) is 23.8. The number of hydrogen-bond donors (Lipinski definition) is 0. The van der Waals surface area contributed by atoms with E-state index in [1.54, 1.807) is 0 Å². The van der Waals surface area contributed by atoms with Crippen LogP contribution in [0.1, 0.15) is 64.2 Å². The molecule has 6 nitrogen and oxygen atoms in total. The largest absolute Gasteiger partial charge is 0.491 e. The van der Waals surface area contributed by atoms with Gasteiger partial charge < -0.3 is 18.9 Å². The molecule has 0 amide bonds. The predicted molar refractivity (Wildman–Crippen MR) is 208 cm³/mol. The normalized spacial score (nSPS) is 10.8. The van der Waals surface area contributed by atoms with Crippen LogP contribution in [0.3, 0.4) is 0 Å². The van der Waals surface area contributed by atoms with Crippen molar-refractivity contribution < 1.29 is 28.5 Å². The highest BCUT2D eigenvalue weighted by Gasteiger charge is 2.10. The molecule has 2 aromatic rings. The third-order valence-corrected chi connectivity index (χ3v) is 10.0. The smallest absolute Gasteiger partial charge is 0.305 e. The molecule has 0 atom stereocenters. The third-order valence-electron chi connectivity index (χ3n) is 5.58. The van der Waals surface area contributed by atoms with Gasteiger partial charge in [0.1, 0.15) is 24.7 Å². The lowest BCUT2D eigenvalue weighted by Gasteiger charge is -2.11. The molecule has 0 aliphatic carbocycles. The quantitative estimate of drug-likeness (QED) is 0.0794. The summed E-state index contributed by atoms with van der Waals surface area (Å²) in [6.45, 7) is 1.56. The van der Waals surface area contributed by atoms with E-state index < -0.39 is 0 Å². The number of benzene rings is 2. The number of carbonyl (C=O) groups excluding carboxylic acids is 2. The average Bonchev–Trinajstić information content (AvgIpc) is 2.87. The minimum absolute atomic E-state index is 0.110. The second-order valence-electron chi connectivity index (χ2n) is 8.86. The molecular weight excluding hydrogens is 1190 g/mol. The maximum absolute atomic E-state index is 11.9. The molecule has 0 fully saturated rings. The lowest BCUT2D eigenvalue weighted by molar-refractivity contribution is -0.152. The first-order chi connectivity index (χ1) is 19.2. The summed E-state index contributed by atoms with van der Waals surface area (Å²) in [5.74, 6) is 1.42. The Hall–Kier alpha value is 1.36. The Morgan fingerprint density at radius 1 is 0.475 bits per heavy atom. The van der Waals surface area contributed by atoms with Crippen molar-refractivity contribution in [1.29, 1.82) is 0 Å². The zero-order chi connectivity index (χ0) is 29.3. The second-order valence-corrected chi connectivity index (χ2v) is 16.0. The molecule has 0 aliphatic rings. The summed E-state index contributed by atoms with van der Waals surface area (Å²) in [6.07, 6.45) is 8.13. The summed E-state index contributed by atoms with van der Waals surface area (Å²) >= 11 is 13.8. The van der Waals surface area contributed by atoms with Gasteiger partial charge in [-0.25, -0.2) is 0 Å². The lowest BCUT2D eigenvalue weighted by atomic mass is 10.1. The zero-order valence-electron chi connectivity index (χ0n) is 21.9. The van der Waals surface area contributed by atoms with Crippen molar-refractivity contribution in [3.63, 3.8) is 0 Å². The van der Waals surface area contributed by atoms with Crippen molar-refractivity contribution in [2.24, 2.45) is 0 Å². The molecule has 12 heteroatoms. The van der Waals surface area contributed by atoms with Gasteiger partial charge in [-0.05, 0) is 185 Å². The molecular formula is C28H32I6O6. The van der Waals surface area contributed by atoms with Gasteiger partial charge in [0.25, 0.3) is 0 Å². The van der Waals surface area contributed by atoms with E-state index in [0.717, 1.165) is 77.1 Å². The Kier molecular flexibility index (Phi) is 20.6. The molecule has 0 N–H and O–H groups in total. The minimum atomic E-state index is -0.243. The number of hydrogen-bond acceptors (Lipinski definition) is 6. The Morgan fingerprint density at radius 3 is 1.15 bits per heavy atom. The van der Waals surface area contributed by atoms with Crippen molar-refractivity contribution in [2.45, 2.75) is 64.2 Å². The van der Waals surface area contributed by atoms with Gasteiger partial charge in [-0.3, -0.25) is 9.59 Å². The fraction of sp³-hybridized carbons (Fsp3) is 0.500. The molecule has 0 saturated heterocycles. The van der Waals surface area contributed by atoms with Crippen LogP contribution in [0.5, 0.6) is 11.5 Å². The number of unbranched alkanes of at least 4 members (excludes halogenated alkanes) is 6. The first-order valence-electron chi connectivity index (χ1n) is 13.0. The van der Waals surface area contributed by atoms with Gasteiger partial charge in [-0.2, -0.15) is 0 Å². The van der Waals surface area contributed by atoms with E-state index in [0.29, 0.717) is 26.1 Å². The maximum atomic E-state index is 11.9. The van der Waals surface area contributed by atoms with Crippen molar-refractivity contribution in [3.8, 4) is 11.5 Å². The zero-order valence-corrected chi connectivity index (χ0v) is 34.9. The van der Waals surface area contributed by atoms with Crippen LogP contribution in [-0.4, -0.2) is 38.4 Å². The molecule has 0 bridgehead atoms. The fourth-order valence-electron chi connectivity index (χ4n) is 3.59. The van der Waals surface area contributed by atoms with Gasteiger partial charge in [0.15, 0.2) is 0 Å². The monoisotopic (exact) mass is 1230 g/mol. The summed E-state index contributed by atoms with van der Waals surface area (Å²) in [7, 11) is 0. The molecule has 40 heavy (non-hydrogen) atoms. The SMILES string of the molecule is O=C(CCCCCCOc1c(I)cc(I)cc1I)OCCOC(=O)CCCCCCOc1c(I)cc(I)cc1I. The third kappa shape index (κ3) is 15.9. The molecule has 0 unspecified atom stereocenters. The Bertz CT molecular complexity index is 965. The number of carbonyl (C=O) groups is 2. The van der Waals surface area contributed by atoms with E-state index in [1.807, 2.05) is 0 Å². The van der Waals surface area contributed by atoms with Gasteiger partial charge in [-0.15, -0.1) is 0 Å². The van der Waals surface area contributed by atoms with E-state index in [1.165, 1.54) is 7.14 Å². The van der Waals surface area contributed by atoms with Gasteiger partial charge in [0, 0.05) is 20.0 Å². The standard InChI is InChI=1S/C28H32I6O6/c29-19-15-21(31)27(22(32)16-19)39-11-7-3-1-5-9-25(35)37-13-14-38-26(36)10-6-2-4-8-12-40-28-23(33)17-20(30)18-24(28)34/h15-18H,1-14H2. The van der Waals surface area contributed by atoms with Crippen LogP contribution in [0.25, 0.3) is 0 Å². The maximum Gasteiger partial charge on any atom is 0.305 e. The summed E-state index contributed by atoms with van der Waals surface area (Å²) < 4.78 is 29.2. The Labute approximate surface area is 319 Å². The van der Waals surface area contributed by atoms with Crippen LogP contribution in [0.15, 0.2) is 24.3 Å². The van der Waals surface area contributed by atoms with E-state index in [4.69, 9.17) is 18.9 Å². The highest BCUT2D eigenvalue weighted by atomic mass is 127. The molecule has 222 valence electrons. The predicted octanol–water partition coefficient (Wildman–Crippen LogP) is 9.76. The van der Waals surface area contributed by atoms with Crippen LogP contribution < -0.4 is 9.47 Å². The van der Waals surface area contributed by atoms with E-state index in [9.17, 15) is 9.59 Å². The van der Waals surface area contributed by atoms with Gasteiger partial charge >= 0.3 is 11.9 Å². The molecule has 0 aromatic heterocycles. The molecule has 0 heterocycles. The molecule has 2 aromatic carbocycles. The topological polar surface area (TPSA) is 71.1 Å². The highest BCUT2D eigenvalue weighted by molar-refractivity contribution is 14.1. The number of ether oxygens (including phenoxy) is 4. The van der Waals surface area contributed by atoms with Crippen LogP contribution in [-0.2, 0) is 19.1 Å². The molecule has 0 saturated carbocycles. The van der Waals surface area contributed by atoms with Crippen molar-refractivity contribution in [2.75, 3.05) is 26.4 Å². The Morgan fingerprint density at radius 2 is 0.800 bits per heavy atom. The van der Waals surface area contributed by atoms with Gasteiger partial charge in [0.2, 0.25) is 0 Å². The first-order valence-corrected chi connectivity index (χ1v) is 19.5. The van der Waals surface area contributed by atoms with E-state index in [-0.39, 0.29) is 25.2 Å². The molecule has 0 spiro atoms. The second kappa shape index (κ2) is 22.0. The Balaban J connectivity index is 1.39. The highest BCUT2D eigenvalue weighted by Crippen LogP contribution is 2.30. The van der Waals surface area contributed by atoms with Gasteiger partial charge in [0.05, 0.1) is 27.5 Å². The molecule has 0 radical (unpaired) electrons. The van der Waals surface area contributed by atoms with Crippen LogP contribution in [0.4, 0.5) is 0 Å². The number of esters is 2. The van der Waals surface area contributed by atoms with Crippen LogP contribution in [0.2, 0.25) is 0 Å². The van der Waals surface area contributed by atoms with Crippen LogP contribution >= 0.6 is 136 Å². The lowest BCUT2D eigenvalue weighted by Crippen LogP contribution is -2.13.